The smallest absolute Gasteiger partial charge is 0.306 e. The molecule has 0 aliphatic heterocycles. The molecule has 0 fully saturated rings. The van der Waals surface area contributed by atoms with Crippen molar-refractivity contribution in [1.82, 2.24) is 0 Å². The molecule has 0 saturated heterocycles. The molecule has 2 aromatic carbocycles. The number of hydrogen-bond donors (Lipinski definition) is 0. The molecule has 0 bridgehead atoms. The van der Waals surface area contributed by atoms with Gasteiger partial charge in [-0.25, -0.2) is 0 Å². The van der Waals surface area contributed by atoms with Gasteiger partial charge < -0.3 is 4.74 Å². The van der Waals surface area contributed by atoms with E-state index in [0.29, 0.717) is 22.8 Å². The number of nitriles is 1. The third-order valence-electron chi connectivity index (χ3n) is 2.87. The lowest BCUT2D eigenvalue weighted by Gasteiger charge is -2.05. The van der Waals surface area contributed by atoms with E-state index in [9.17, 15) is 4.79 Å². The molecule has 5 heteroatoms. The molecule has 22 heavy (non-hydrogen) atoms. The quantitative estimate of drug-likeness (QED) is 0.580. The number of halogens is 1. The summed E-state index contributed by atoms with van der Waals surface area (Å²) < 4.78 is 5.20. The molecule has 0 N–H and O–H groups in total. The first-order valence-corrected chi connectivity index (χ1v) is 8.07. The van der Waals surface area contributed by atoms with E-state index in [-0.39, 0.29) is 12.6 Å². The highest BCUT2D eigenvalue weighted by molar-refractivity contribution is 7.99. The van der Waals surface area contributed by atoms with Crippen LogP contribution in [0.3, 0.4) is 0 Å². The number of carbonyl (C=O) groups excluding carboxylic acids is 1. The SMILES string of the molecule is N#Cc1ccc(COC(=O)CCSc2ccc(Cl)cc2)cc1. The van der Waals surface area contributed by atoms with Crippen LogP contribution in [0.15, 0.2) is 53.4 Å². The number of nitrogens with zero attached hydrogens (tertiary/aromatic N) is 1. The van der Waals surface area contributed by atoms with Crippen LogP contribution in [0.1, 0.15) is 17.5 Å². The normalized spacial score (nSPS) is 10.0. The van der Waals surface area contributed by atoms with Crippen LogP contribution in [0.2, 0.25) is 5.02 Å². The van der Waals surface area contributed by atoms with Crippen LogP contribution in [0.4, 0.5) is 0 Å². The second-order valence-electron chi connectivity index (χ2n) is 4.52. The van der Waals surface area contributed by atoms with Gasteiger partial charge in [0.1, 0.15) is 6.61 Å². The maximum atomic E-state index is 11.7. The molecule has 0 spiro atoms. The van der Waals surface area contributed by atoms with Gasteiger partial charge in [0.2, 0.25) is 0 Å². The van der Waals surface area contributed by atoms with Crippen molar-refractivity contribution < 1.29 is 9.53 Å². The van der Waals surface area contributed by atoms with Crippen molar-refractivity contribution in [3.63, 3.8) is 0 Å². The Kier molecular flexibility index (Phi) is 6.32. The van der Waals surface area contributed by atoms with Crippen molar-refractivity contribution in [1.29, 1.82) is 5.26 Å². The number of benzene rings is 2. The predicted molar refractivity (Wildman–Crippen MR) is 87.7 cm³/mol. The largest absolute Gasteiger partial charge is 0.461 e. The van der Waals surface area contributed by atoms with Crippen molar-refractivity contribution in [2.45, 2.75) is 17.9 Å². The summed E-state index contributed by atoms with van der Waals surface area (Å²) in [5, 5.41) is 9.41. The summed E-state index contributed by atoms with van der Waals surface area (Å²) in [6.07, 6.45) is 0.351. The summed E-state index contributed by atoms with van der Waals surface area (Å²) >= 11 is 7.40. The molecular weight excluding hydrogens is 318 g/mol. The number of rotatable bonds is 6. The van der Waals surface area contributed by atoms with E-state index in [0.717, 1.165) is 10.5 Å². The third kappa shape index (κ3) is 5.44. The van der Waals surface area contributed by atoms with E-state index in [1.807, 2.05) is 30.3 Å². The Morgan fingerprint density at radius 3 is 2.45 bits per heavy atom. The molecule has 0 heterocycles. The molecular formula is C17H14ClNO2S. The Balaban J connectivity index is 1.69. The van der Waals surface area contributed by atoms with E-state index in [1.165, 1.54) is 0 Å². The van der Waals surface area contributed by atoms with Gasteiger partial charge in [0.15, 0.2) is 0 Å². The first kappa shape index (κ1) is 16.4. The molecule has 3 nitrogen and oxygen atoms in total. The van der Waals surface area contributed by atoms with Crippen LogP contribution in [0, 0.1) is 11.3 Å². The van der Waals surface area contributed by atoms with Crippen LogP contribution in [-0.2, 0) is 16.1 Å². The average molecular weight is 332 g/mol. The second-order valence-corrected chi connectivity index (χ2v) is 6.13. The van der Waals surface area contributed by atoms with Gasteiger partial charge in [-0.3, -0.25) is 4.79 Å². The lowest BCUT2D eigenvalue weighted by molar-refractivity contribution is -0.144. The highest BCUT2D eigenvalue weighted by Crippen LogP contribution is 2.21. The standard InChI is InChI=1S/C17H14ClNO2S/c18-15-5-7-16(8-6-15)22-10-9-17(20)21-12-14-3-1-13(11-19)2-4-14/h1-8H,9-10,12H2. The van der Waals surface area contributed by atoms with Gasteiger partial charge in [0.05, 0.1) is 18.1 Å². The molecule has 2 aromatic rings. The average Bonchev–Trinajstić information content (AvgIpc) is 2.55. The van der Waals surface area contributed by atoms with Gasteiger partial charge >= 0.3 is 5.97 Å². The maximum absolute atomic E-state index is 11.7. The molecule has 0 aromatic heterocycles. The van der Waals surface area contributed by atoms with Gasteiger partial charge in [-0.15, -0.1) is 11.8 Å². The number of hydrogen-bond acceptors (Lipinski definition) is 4. The van der Waals surface area contributed by atoms with Gasteiger partial charge in [-0.2, -0.15) is 5.26 Å². The topological polar surface area (TPSA) is 50.1 Å². The third-order valence-corrected chi connectivity index (χ3v) is 4.14. The van der Waals surface area contributed by atoms with Crippen molar-refractivity contribution in [3.05, 3.63) is 64.7 Å². The Hall–Kier alpha value is -1.96. The fraction of sp³-hybridized carbons (Fsp3) is 0.176. The molecule has 0 aliphatic carbocycles. The first-order chi connectivity index (χ1) is 10.7. The van der Waals surface area contributed by atoms with Crippen LogP contribution in [0.5, 0.6) is 0 Å². The van der Waals surface area contributed by atoms with Crippen LogP contribution >= 0.6 is 23.4 Å². The molecule has 0 saturated carbocycles. The second kappa shape index (κ2) is 8.47. The zero-order valence-electron chi connectivity index (χ0n) is 11.8. The lowest BCUT2D eigenvalue weighted by atomic mass is 10.2. The maximum Gasteiger partial charge on any atom is 0.306 e. The summed E-state index contributed by atoms with van der Waals surface area (Å²) in [5.74, 6) is 0.430. The van der Waals surface area contributed by atoms with Crippen LogP contribution < -0.4 is 0 Å². The Morgan fingerprint density at radius 1 is 1.14 bits per heavy atom. The van der Waals surface area contributed by atoms with Crippen LogP contribution in [0.25, 0.3) is 0 Å². The summed E-state index contributed by atoms with van der Waals surface area (Å²) in [7, 11) is 0. The highest BCUT2D eigenvalue weighted by atomic mass is 35.5. The van der Waals surface area contributed by atoms with E-state index in [4.69, 9.17) is 21.6 Å². The monoisotopic (exact) mass is 331 g/mol. The number of thioether (sulfide) groups is 1. The fourth-order valence-electron chi connectivity index (χ4n) is 1.69. The van der Waals surface area contributed by atoms with Gasteiger partial charge in [0, 0.05) is 15.7 Å². The van der Waals surface area contributed by atoms with Crippen molar-refractivity contribution >= 4 is 29.3 Å². The minimum absolute atomic E-state index is 0.231. The zero-order chi connectivity index (χ0) is 15.8. The van der Waals surface area contributed by atoms with E-state index in [1.54, 1.807) is 36.0 Å². The van der Waals surface area contributed by atoms with E-state index >= 15 is 0 Å². The molecule has 0 aliphatic rings. The van der Waals surface area contributed by atoms with Gasteiger partial charge in [-0.1, -0.05) is 23.7 Å². The molecule has 112 valence electrons. The van der Waals surface area contributed by atoms with Crippen LogP contribution in [-0.4, -0.2) is 11.7 Å². The number of ether oxygens (including phenoxy) is 1. The summed E-state index contributed by atoms with van der Waals surface area (Å²) in [4.78, 5) is 12.7. The van der Waals surface area contributed by atoms with Gasteiger partial charge in [-0.05, 0) is 42.0 Å². The summed E-state index contributed by atoms with van der Waals surface area (Å²) in [6.45, 7) is 0.232. The highest BCUT2D eigenvalue weighted by Gasteiger charge is 2.04. The lowest BCUT2D eigenvalue weighted by Crippen LogP contribution is -2.05. The van der Waals surface area contributed by atoms with Crippen molar-refractivity contribution in [2.24, 2.45) is 0 Å². The minimum Gasteiger partial charge on any atom is -0.461 e. The van der Waals surface area contributed by atoms with Crippen molar-refractivity contribution in [3.8, 4) is 6.07 Å². The predicted octanol–water partition coefficient (Wildman–Crippen LogP) is 4.44. The summed E-state index contributed by atoms with van der Waals surface area (Å²) in [5.41, 5.74) is 1.46. The zero-order valence-corrected chi connectivity index (χ0v) is 13.4. The summed E-state index contributed by atoms with van der Waals surface area (Å²) in [6, 6.07) is 16.5. The Bertz CT molecular complexity index is 663. The van der Waals surface area contributed by atoms with E-state index < -0.39 is 0 Å². The molecule has 0 radical (unpaired) electrons. The van der Waals surface area contributed by atoms with Gasteiger partial charge in [0.25, 0.3) is 0 Å². The van der Waals surface area contributed by atoms with E-state index in [2.05, 4.69) is 0 Å². The van der Waals surface area contributed by atoms with Crippen molar-refractivity contribution in [2.75, 3.05) is 5.75 Å². The molecule has 0 atom stereocenters. The number of esters is 1. The Labute approximate surface area is 138 Å². The number of carbonyl (C=O) groups is 1. The Morgan fingerprint density at radius 2 is 1.82 bits per heavy atom. The minimum atomic E-state index is -0.231. The molecule has 0 amide bonds. The fourth-order valence-corrected chi connectivity index (χ4v) is 2.65. The molecule has 0 unspecified atom stereocenters. The molecule has 2 rings (SSSR count). The first-order valence-electron chi connectivity index (χ1n) is 6.70.